The third kappa shape index (κ3) is 11.1. The first-order valence-corrected chi connectivity index (χ1v) is 11.4. The fourth-order valence-corrected chi connectivity index (χ4v) is 3.50. The van der Waals surface area contributed by atoms with E-state index in [0.717, 1.165) is 43.3 Å². The number of benzene rings is 2. The fourth-order valence-electron chi connectivity index (χ4n) is 3.09. The number of rotatable bonds is 2. The van der Waals surface area contributed by atoms with Gasteiger partial charge in [-0.25, -0.2) is 0 Å². The summed E-state index contributed by atoms with van der Waals surface area (Å²) in [6, 6.07) is 12.1. The zero-order chi connectivity index (χ0) is 25.7. The summed E-state index contributed by atoms with van der Waals surface area (Å²) in [7, 11) is 0. The van der Waals surface area contributed by atoms with Gasteiger partial charge < -0.3 is 5.11 Å². The number of carbonyl (C=O) groups is 1. The highest BCUT2D eigenvalue weighted by atomic mass is 35.5. The van der Waals surface area contributed by atoms with Gasteiger partial charge in [0.05, 0.1) is 21.7 Å². The third-order valence-electron chi connectivity index (χ3n) is 4.56. The number of carboxylic acid groups (broad SMARTS) is 1. The zero-order valence-electron chi connectivity index (χ0n) is 19.1. The Balaban J connectivity index is 0.000000343. The number of hydrogen-bond donors (Lipinski definition) is 1. The normalized spacial score (nSPS) is 14.2. The maximum atomic E-state index is 11.8. The summed E-state index contributed by atoms with van der Waals surface area (Å²) in [5, 5.41) is 8.61. The topological polar surface area (TPSA) is 40.5 Å². The molecular weight excluding hydrogens is 486 g/mol. The van der Waals surface area contributed by atoms with Crippen molar-refractivity contribution < 1.29 is 23.1 Å². The predicted octanol–water partition coefficient (Wildman–Crippen LogP) is 7.90. The minimum atomic E-state index is -4.21. The Bertz CT molecular complexity index is 989. The van der Waals surface area contributed by atoms with Gasteiger partial charge in [-0.1, -0.05) is 90.5 Å². The van der Waals surface area contributed by atoms with Crippen LogP contribution in [0.1, 0.15) is 50.3 Å². The lowest BCUT2D eigenvalue weighted by Crippen LogP contribution is -2.33. The number of halogens is 5. The van der Waals surface area contributed by atoms with Crippen LogP contribution in [0.15, 0.2) is 60.7 Å². The van der Waals surface area contributed by atoms with Gasteiger partial charge in [-0.2, -0.15) is 13.2 Å². The molecule has 3 nitrogen and oxygen atoms in total. The van der Waals surface area contributed by atoms with E-state index < -0.39 is 17.7 Å². The van der Waals surface area contributed by atoms with Crippen molar-refractivity contribution >= 4 is 29.2 Å². The summed E-state index contributed by atoms with van der Waals surface area (Å²) in [5.41, 5.74) is 1.26. The number of allylic oxidation sites excluding steroid dienone is 1. The highest BCUT2D eigenvalue weighted by molar-refractivity contribution is 6.42. The highest BCUT2D eigenvalue weighted by Gasteiger charge is 2.29. The summed E-state index contributed by atoms with van der Waals surface area (Å²) in [5.74, 6) is 5.57. The van der Waals surface area contributed by atoms with Crippen molar-refractivity contribution in [1.82, 2.24) is 4.90 Å². The van der Waals surface area contributed by atoms with Crippen molar-refractivity contribution in [1.29, 1.82) is 0 Å². The highest BCUT2D eigenvalue weighted by Crippen LogP contribution is 2.34. The Kier molecular flexibility index (Phi) is 12.8. The first kappa shape index (κ1) is 29.6. The summed E-state index contributed by atoms with van der Waals surface area (Å²) in [4.78, 5) is 11.4. The molecule has 1 N–H and O–H groups in total. The maximum Gasteiger partial charge on any atom is 0.416 e. The molecule has 1 saturated heterocycles. The molecule has 8 heteroatoms. The molecule has 0 spiro atoms. The monoisotopic (exact) mass is 513 g/mol. The molecule has 1 atom stereocenters. The van der Waals surface area contributed by atoms with E-state index in [0.29, 0.717) is 10.0 Å². The quantitative estimate of drug-likeness (QED) is 0.415. The van der Waals surface area contributed by atoms with Gasteiger partial charge in [-0.3, -0.25) is 9.69 Å². The van der Waals surface area contributed by atoms with Crippen molar-refractivity contribution in [3.8, 4) is 11.8 Å². The van der Waals surface area contributed by atoms with Gasteiger partial charge in [0.15, 0.2) is 0 Å². The summed E-state index contributed by atoms with van der Waals surface area (Å²) >= 11 is 12.5. The molecule has 3 rings (SSSR count). The molecule has 1 unspecified atom stereocenters. The third-order valence-corrected chi connectivity index (χ3v) is 5.39. The molecule has 0 bridgehead atoms. The summed E-state index contributed by atoms with van der Waals surface area (Å²) in [6.45, 7) is 8.96. The van der Waals surface area contributed by atoms with E-state index in [2.05, 4.69) is 23.3 Å². The van der Waals surface area contributed by atoms with Crippen molar-refractivity contribution in [2.45, 2.75) is 45.3 Å². The van der Waals surface area contributed by atoms with Crippen LogP contribution in [0.4, 0.5) is 13.2 Å². The average molecular weight is 514 g/mol. The van der Waals surface area contributed by atoms with E-state index in [1.54, 1.807) is 6.07 Å². The number of hydrogen-bond acceptors (Lipinski definition) is 2. The van der Waals surface area contributed by atoms with Crippen LogP contribution in [0, 0.1) is 11.8 Å². The van der Waals surface area contributed by atoms with Gasteiger partial charge in [-0.15, -0.1) is 0 Å². The zero-order valence-corrected chi connectivity index (χ0v) is 20.6. The molecule has 34 heavy (non-hydrogen) atoms. The number of aliphatic carboxylic acids is 1. The van der Waals surface area contributed by atoms with Gasteiger partial charge in [0, 0.05) is 12.5 Å². The number of alkyl halides is 3. The van der Waals surface area contributed by atoms with Crippen LogP contribution in [0.25, 0.3) is 0 Å². The Morgan fingerprint density at radius 2 is 1.59 bits per heavy atom. The van der Waals surface area contributed by atoms with Gasteiger partial charge in [0.2, 0.25) is 0 Å². The predicted molar refractivity (Wildman–Crippen MR) is 132 cm³/mol. The van der Waals surface area contributed by atoms with Gasteiger partial charge in [0.25, 0.3) is 5.97 Å². The smallest absolute Gasteiger partial charge is 0.416 e. The van der Waals surface area contributed by atoms with Crippen molar-refractivity contribution in [2.75, 3.05) is 13.1 Å². The Morgan fingerprint density at radius 1 is 1.03 bits per heavy atom. The van der Waals surface area contributed by atoms with E-state index >= 15 is 0 Å². The number of likely N-dealkylation sites (tertiary alicyclic amines) is 1. The molecular formula is C26H28Cl2F3NO2. The molecule has 0 aromatic heterocycles. The van der Waals surface area contributed by atoms with Crippen molar-refractivity contribution in [3.63, 3.8) is 0 Å². The lowest BCUT2D eigenvalue weighted by atomic mass is 10.0. The minimum Gasteiger partial charge on any atom is -0.481 e. The SMILES string of the molecule is C=C(C)C#CC(c1cccc(Cl)c1Cl)N1CCCCC1.CC(=O)O.FC(F)(F)c1ccccc1. The molecule has 1 aliphatic heterocycles. The fraction of sp³-hybridized carbons (Fsp3) is 0.346. The number of nitrogens with zero attached hydrogens (tertiary/aromatic N) is 1. The van der Waals surface area contributed by atoms with Crippen LogP contribution in [-0.2, 0) is 11.0 Å². The molecule has 1 aliphatic rings. The lowest BCUT2D eigenvalue weighted by Gasteiger charge is -2.32. The first-order valence-electron chi connectivity index (χ1n) is 10.6. The average Bonchev–Trinajstić information content (AvgIpc) is 2.77. The van der Waals surface area contributed by atoms with Crippen LogP contribution in [0.3, 0.4) is 0 Å². The number of carboxylic acids is 1. The summed E-state index contributed by atoms with van der Waals surface area (Å²) in [6.07, 6.45) is -0.492. The van der Waals surface area contributed by atoms with E-state index in [-0.39, 0.29) is 6.04 Å². The molecule has 2 aromatic rings. The van der Waals surface area contributed by atoms with Crippen molar-refractivity contribution in [2.24, 2.45) is 0 Å². The van der Waals surface area contributed by atoms with Crippen LogP contribution in [0.2, 0.25) is 10.0 Å². The Hall–Kier alpha value is -2.46. The van der Waals surface area contributed by atoms with E-state index in [1.807, 2.05) is 25.1 Å². The second-order valence-electron chi connectivity index (χ2n) is 7.57. The molecule has 0 aliphatic carbocycles. The Morgan fingerprint density at radius 3 is 2.06 bits per heavy atom. The molecule has 0 amide bonds. The van der Waals surface area contributed by atoms with Crippen LogP contribution in [-0.4, -0.2) is 29.1 Å². The molecule has 1 fully saturated rings. The van der Waals surface area contributed by atoms with Crippen LogP contribution in [0.5, 0.6) is 0 Å². The molecule has 1 heterocycles. The maximum absolute atomic E-state index is 11.8. The second-order valence-corrected chi connectivity index (χ2v) is 8.36. The standard InChI is InChI=1S/C17H19Cl2N.C7H5F3.C2H4O2/c1-13(2)9-10-16(20-11-4-3-5-12-20)14-7-6-8-15(18)17(14)19;8-7(9,10)6-4-2-1-3-5-6;1-2(3)4/h6-8,16H,1,3-5,11-12H2,2H3;1-5H;1H3,(H,3,4). The van der Waals surface area contributed by atoms with Crippen LogP contribution < -0.4 is 0 Å². The van der Waals surface area contributed by atoms with Crippen molar-refractivity contribution in [3.05, 3.63) is 81.9 Å². The molecule has 2 aromatic carbocycles. The van der Waals surface area contributed by atoms with Gasteiger partial charge in [0.1, 0.15) is 0 Å². The number of piperidine rings is 1. The second kappa shape index (κ2) is 14.7. The lowest BCUT2D eigenvalue weighted by molar-refractivity contribution is -0.137. The molecule has 184 valence electrons. The van der Waals surface area contributed by atoms with E-state index in [4.69, 9.17) is 33.1 Å². The largest absolute Gasteiger partial charge is 0.481 e. The van der Waals surface area contributed by atoms with Crippen LogP contribution >= 0.6 is 23.2 Å². The van der Waals surface area contributed by atoms with Gasteiger partial charge >= 0.3 is 6.18 Å². The van der Waals surface area contributed by atoms with E-state index in [9.17, 15) is 13.2 Å². The first-order chi connectivity index (χ1) is 15.9. The summed E-state index contributed by atoms with van der Waals surface area (Å²) < 4.78 is 35.4. The van der Waals surface area contributed by atoms with Gasteiger partial charge in [-0.05, 0) is 44.5 Å². The molecule has 0 saturated carbocycles. The minimum absolute atomic E-state index is 0.00167. The molecule has 0 radical (unpaired) electrons. The Labute approximate surface area is 209 Å². The van der Waals surface area contributed by atoms with E-state index in [1.165, 1.54) is 31.4 Å².